The lowest BCUT2D eigenvalue weighted by atomic mass is 10.1. The number of nitrogens with one attached hydrogen (secondary N) is 2. The highest BCUT2D eigenvalue weighted by molar-refractivity contribution is 5.97. The lowest BCUT2D eigenvalue weighted by molar-refractivity contribution is 0.0826. The molecule has 2 heterocycles. The first-order valence-corrected chi connectivity index (χ1v) is 8.06. The monoisotopic (exact) mass is 336 g/mol. The fourth-order valence-corrected chi connectivity index (χ4v) is 2.67. The molecule has 3 rings (SSSR count). The summed E-state index contributed by atoms with van der Waals surface area (Å²) in [6.45, 7) is 0.534. The van der Waals surface area contributed by atoms with E-state index in [0.29, 0.717) is 17.7 Å². The van der Waals surface area contributed by atoms with E-state index in [9.17, 15) is 9.59 Å². The molecule has 0 aliphatic rings. The van der Waals surface area contributed by atoms with E-state index in [1.54, 1.807) is 50.8 Å². The van der Waals surface area contributed by atoms with Crippen LogP contribution in [0.15, 0.2) is 48.9 Å². The number of hydrogen-bond donors (Lipinski definition) is 2. The van der Waals surface area contributed by atoms with Gasteiger partial charge >= 0.3 is 0 Å². The van der Waals surface area contributed by atoms with Gasteiger partial charge in [-0.05, 0) is 42.3 Å². The number of amides is 2. The number of aromatic nitrogens is 2. The molecule has 0 unspecified atom stereocenters. The van der Waals surface area contributed by atoms with Crippen molar-refractivity contribution in [2.45, 2.75) is 6.42 Å². The number of pyridine rings is 1. The summed E-state index contributed by atoms with van der Waals surface area (Å²) in [5.74, 6) is -0.230. The molecule has 0 saturated heterocycles. The van der Waals surface area contributed by atoms with Crippen molar-refractivity contribution in [1.82, 2.24) is 20.2 Å². The predicted octanol–water partition coefficient (Wildman–Crippen LogP) is 2.24. The summed E-state index contributed by atoms with van der Waals surface area (Å²) in [6, 6.07) is 8.64. The molecule has 25 heavy (non-hydrogen) atoms. The summed E-state index contributed by atoms with van der Waals surface area (Å²) in [7, 11) is 3.40. The van der Waals surface area contributed by atoms with E-state index >= 15 is 0 Å². The van der Waals surface area contributed by atoms with Crippen LogP contribution in [-0.2, 0) is 6.42 Å². The van der Waals surface area contributed by atoms with Crippen LogP contribution >= 0.6 is 0 Å². The maximum Gasteiger partial charge on any atom is 0.253 e. The normalized spacial score (nSPS) is 10.6. The number of carbonyl (C=O) groups excluding carboxylic acids is 2. The molecule has 0 aliphatic carbocycles. The molecule has 0 radical (unpaired) electrons. The highest BCUT2D eigenvalue weighted by Crippen LogP contribution is 2.16. The number of hydrogen-bond acceptors (Lipinski definition) is 3. The number of nitrogens with zero attached hydrogens (tertiary/aromatic N) is 2. The Bertz CT molecular complexity index is 897. The number of H-pyrrole nitrogens is 1. The van der Waals surface area contributed by atoms with Gasteiger partial charge in [0.25, 0.3) is 11.8 Å². The molecule has 1 aromatic carbocycles. The van der Waals surface area contributed by atoms with Crippen LogP contribution in [0.25, 0.3) is 10.9 Å². The van der Waals surface area contributed by atoms with E-state index < -0.39 is 0 Å². The van der Waals surface area contributed by atoms with Gasteiger partial charge in [-0.25, -0.2) is 0 Å². The molecule has 128 valence electrons. The van der Waals surface area contributed by atoms with Crippen LogP contribution in [0.4, 0.5) is 0 Å². The molecule has 0 atom stereocenters. The van der Waals surface area contributed by atoms with Crippen molar-refractivity contribution in [2.24, 2.45) is 0 Å². The zero-order valence-corrected chi connectivity index (χ0v) is 14.2. The van der Waals surface area contributed by atoms with Gasteiger partial charge in [-0.3, -0.25) is 14.6 Å². The number of benzene rings is 1. The third-order valence-corrected chi connectivity index (χ3v) is 4.05. The third kappa shape index (κ3) is 3.68. The zero-order valence-electron chi connectivity index (χ0n) is 14.2. The van der Waals surface area contributed by atoms with Gasteiger partial charge in [0, 0.05) is 49.5 Å². The van der Waals surface area contributed by atoms with Crippen LogP contribution in [0.5, 0.6) is 0 Å². The molecule has 6 heteroatoms. The van der Waals surface area contributed by atoms with Crippen molar-refractivity contribution in [3.8, 4) is 0 Å². The maximum atomic E-state index is 12.2. The van der Waals surface area contributed by atoms with E-state index in [4.69, 9.17) is 0 Å². The van der Waals surface area contributed by atoms with Crippen LogP contribution in [0.1, 0.15) is 26.3 Å². The summed E-state index contributed by atoms with van der Waals surface area (Å²) >= 11 is 0. The Morgan fingerprint density at radius 2 is 1.84 bits per heavy atom. The number of aromatic amines is 1. The Morgan fingerprint density at radius 3 is 2.56 bits per heavy atom. The minimum Gasteiger partial charge on any atom is -0.360 e. The van der Waals surface area contributed by atoms with Crippen LogP contribution < -0.4 is 5.32 Å². The van der Waals surface area contributed by atoms with Crippen LogP contribution in [0.2, 0.25) is 0 Å². The van der Waals surface area contributed by atoms with Crippen molar-refractivity contribution >= 4 is 22.7 Å². The van der Waals surface area contributed by atoms with Crippen molar-refractivity contribution < 1.29 is 9.59 Å². The topological polar surface area (TPSA) is 78.1 Å². The van der Waals surface area contributed by atoms with Gasteiger partial charge in [-0.15, -0.1) is 0 Å². The van der Waals surface area contributed by atoms with Crippen LogP contribution in [0, 0.1) is 0 Å². The minimum absolute atomic E-state index is 0.0826. The minimum atomic E-state index is -0.148. The number of fused-ring (bicyclic) bond motifs is 1. The van der Waals surface area contributed by atoms with Crippen molar-refractivity contribution in [1.29, 1.82) is 0 Å². The highest BCUT2D eigenvalue weighted by Gasteiger charge is 2.10. The molecule has 2 N–H and O–H groups in total. The highest BCUT2D eigenvalue weighted by atomic mass is 16.2. The first-order chi connectivity index (χ1) is 12.1. The van der Waals surface area contributed by atoms with E-state index in [-0.39, 0.29) is 11.8 Å². The average molecular weight is 336 g/mol. The van der Waals surface area contributed by atoms with E-state index in [1.165, 1.54) is 4.90 Å². The summed E-state index contributed by atoms with van der Waals surface area (Å²) in [4.78, 5) is 32.8. The molecular weight excluding hydrogens is 316 g/mol. The molecule has 2 amide bonds. The molecular formula is C19H20N4O2. The van der Waals surface area contributed by atoms with Crippen molar-refractivity contribution in [2.75, 3.05) is 20.6 Å². The molecule has 0 bridgehead atoms. The summed E-state index contributed by atoms with van der Waals surface area (Å²) in [5, 5.41) is 4.03. The van der Waals surface area contributed by atoms with Gasteiger partial charge in [-0.1, -0.05) is 0 Å². The predicted molar refractivity (Wildman–Crippen MR) is 96.6 cm³/mol. The van der Waals surface area contributed by atoms with Crippen LogP contribution in [0.3, 0.4) is 0 Å². The summed E-state index contributed by atoms with van der Waals surface area (Å²) in [5.41, 5.74) is 3.24. The lowest BCUT2D eigenvalue weighted by Crippen LogP contribution is -2.26. The molecule has 0 aliphatic heterocycles. The Balaban J connectivity index is 1.58. The van der Waals surface area contributed by atoms with Crippen molar-refractivity contribution in [3.05, 3.63) is 65.6 Å². The second kappa shape index (κ2) is 7.17. The molecule has 6 nitrogen and oxygen atoms in total. The van der Waals surface area contributed by atoms with Gasteiger partial charge in [0.1, 0.15) is 0 Å². The zero-order chi connectivity index (χ0) is 17.8. The largest absolute Gasteiger partial charge is 0.360 e. The second-order valence-corrected chi connectivity index (χ2v) is 6.02. The summed E-state index contributed by atoms with van der Waals surface area (Å²) < 4.78 is 0. The molecule has 0 fully saturated rings. The van der Waals surface area contributed by atoms with E-state index in [2.05, 4.69) is 15.3 Å². The molecule has 3 aromatic rings. The first kappa shape index (κ1) is 16.7. The fourth-order valence-electron chi connectivity index (χ4n) is 2.67. The summed E-state index contributed by atoms with van der Waals surface area (Å²) in [6.07, 6.45) is 6.22. The number of rotatable bonds is 5. The average Bonchev–Trinajstić information content (AvgIpc) is 3.04. The quantitative estimate of drug-likeness (QED) is 0.750. The maximum absolute atomic E-state index is 12.2. The van der Waals surface area contributed by atoms with Crippen LogP contribution in [-0.4, -0.2) is 47.3 Å². The smallest absolute Gasteiger partial charge is 0.253 e. The molecule has 0 spiro atoms. The lowest BCUT2D eigenvalue weighted by Gasteiger charge is -2.10. The fraction of sp³-hybridized carbons (Fsp3) is 0.211. The number of carbonyl (C=O) groups is 2. The standard InChI is InChI=1S/C19H20N4O2/c1-23(2)19(25)14-5-3-13(4-6-14)18(24)21-10-7-15-11-22-17-12-20-9-8-16(15)17/h3-6,8-9,11-12,22H,7,10H2,1-2H3,(H,21,24). The van der Waals surface area contributed by atoms with Gasteiger partial charge in [0.05, 0.1) is 11.7 Å². The van der Waals surface area contributed by atoms with Gasteiger partial charge in [0.15, 0.2) is 0 Å². The van der Waals surface area contributed by atoms with Gasteiger partial charge in [0.2, 0.25) is 0 Å². The van der Waals surface area contributed by atoms with Gasteiger partial charge < -0.3 is 15.2 Å². The van der Waals surface area contributed by atoms with Gasteiger partial charge in [-0.2, -0.15) is 0 Å². The second-order valence-electron chi connectivity index (χ2n) is 6.02. The SMILES string of the molecule is CN(C)C(=O)c1ccc(C(=O)NCCc2c[nH]c3cnccc23)cc1. The Kier molecular flexibility index (Phi) is 4.79. The Labute approximate surface area is 145 Å². The Morgan fingerprint density at radius 1 is 1.12 bits per heavy atom. The van der Waals surface area contributed by atoms with E-state index in [0.717, 1.165) is 22.9 Å². The molecule has 0 saturated carbocycles. The van der Waals surface area contributed by atoms with E-state index in [1.807, 2.05) is 12.3 Å². The molecule has 2 aromatic heterocycles. The Hall–Kier alpha value is -3.15. The third-order valence-electron chi connectivity index (χ3n) is 4.05. The first-order valence-electron chi connectivity index (χ1n) is 8.06. The van der Waals surface area contributed by atoms with Crippen molar-refractivity contribution in [3.63, 3.8) is 0 Å².